The molecule has 0 fully saturated rings. The maximum atomic E-state index is 10.8. The van der Waals surface area contributed by atoms with Crippen LogP contribution in [0.25, 0.3) is 0 Å². The van der Waals surface area contributed by atoms with Gasteiger partial charge in [-0.3, -0.25) is 4.98 Å². The van der Waals surface area contributed by atoms with Crippen molar-refractivity contribution in [1.82, 2.24) is 4.98 Å². The lowest BCUT2D eigenvalue weighted by atomic mass is 10.1. The molecule has 0 aliphatic heterocycles. The zero-order chi connectivity index (χ0) is 8.97. The third-order valence-electron chi connectivity index (χ3n) is 1.45. The molecule has 0 spiro atoms. The molecule has 0 saturated heterocycles. The van der Waals surface area contributed by atoms with Gasteiger partial charge in [0.05, 0.1) is 7.11 Å². The molecule has 0 aliphatic carbocycles. The third kappa shape index (κ3) is 3.01. The summed E-state index contributed by atoms with van der Waals surface area (Å²) in [6.45, 7) is 0. The molecular weight excluding hydrogens is 194 g/mol. The summed E-state index contributed by atoms with van der Waals surface area (Å²) >= 11 is 0. The van der Waals surface area contributed by atoms with Crippen LogP contribution in [0.4, 0.5) is 0 Å². The number of esters is 1. The van der Waals surface area contributed by atoms with Gasteiger partial charge in [0.2, 0.25) is 0 Å². The van der Waals surface area contributed by atoms with E-state index in [2.05, 4.69) is 9.72 Å². The molecule has 0 amide bonds. The maximum absolute atomic E-state index is 10.8. The molecule has 1 aromatic rings. The number of aliphatic hydroxyl groups excluding tert-OH is 1. The van der Waals surface area contributed by atoms with Crippen molar-refractivity contribution in [3.8, 4) is 0 Å². The summed E-state index contributed by atoms with van der Waals surface area (Å²) in [5.41, 5.74) is 0.483. The van der Waals surface area contributed by atoms with Gasteiger partial charge in [-0.05, 0) is 17.7 Å². The minimum absolute atomic E-state index is 0. The van der Waals surface area contributed by atoms with E-state index < -0.39 is 12.1 Å². The highest BCUT2D eigenvalue weighted by atomic mass is 35.5. The van der Waals surface area contributed by atoms with Crippen LogP contribution in [-0.2, 0) is 9.53 Å². The Morgan fingerprint density at radius 3 is 2.54 bits per heavy atom. The maximum Gasteiger partial charge on any atom is 0.339 e. The number of aromatic nitrogens is 1. The van der Waals surface area contributed by atoms with E-state index in [4.69, 9.17) is 0 Å². The average molecular weight is 204 g/mol. The molecule has 1 unspecified atom stereocenters. The Kier molecular flexibility index (Phi) is 5.03. The molecule has 0 saturated carbocycles. The number of halogens is 1. The van der Waals surface area contributed by atoms with Crippen LogP contribution in [0.2, 0.25) is 0 Å². The van der Waals surface area contributed by atoms with Crippen LogP contribution in [0.3, 0.4) is 0 Å². The lowest BCUT2D eigenvalue weighted by Gasteiger charge is -2.06. The number of hydrogen-bond acceptors (Lipinski definition) is 4. The Morgan fingerprint density at radius 2 is 2.08 bits per heavy atom. The summed E-state index contributed by atoms with van der Waals surface area (Å²) in [6, 6.07) is 3.11. The van der Waals surface area contributed by atoms with Gasteiger partial charge < -0.3 is 9.84 Å². The zero-order valence-corrected chi connectivity index (χ0v) is 7.82. The molecule has 13 heavy (non-hydrogen) atoms. The third-order valence-corrected chi connectivity index (χ3v) is 1.45. The minimum Gasteiger partial charge on any atom is -0.467 e. The van der Waals surface area contributed by atoms with Crippen molar-refractivity contribution < 1.29 is 14.6 Å². The molecule has 72 valence electrons. The van der Waals surface area contributed by atoms with Crippen molar-refractivity contribution in [3.05, 3.63) is 30.1 Å². The van der Waals surface area contributed by atoms with Crippen molar-refractivity contribution in [2.75, 3.05) is 7.11 Å². The summed E-state index contributed by atoms with van der Waals surface area (Å²) in [5.74, 6) is -0.666. The lowest BCUT2D eigenvalue weighted by molar-refractivity contribution is -0.150. The van der Waals surface area contributed by atoms with E-state index >= 15 is 0 Å². The normalized spacial score (nSPS) is 11.2. The predicted octanol–water partition coefficient (Wildman–Crippen LogP) is 0.710. The molecule has 1 atom stereocenters. The van der Waals surface area contributed by atoms with Crippen LogP contribution in [-0.4, -0.2) is 23.2 Å². The van der Waals surface area contributed by atoms with Gasteiger partial charge >= 0.3 is 5.97 Å². The van der Waals surface area contributed by atoms with E-state index in [1.54, 1.807) is 12.1 Å². The first kappa shape index (κ1) is 11.9. The minimum atomic E-state index is -1.21. The number of carbonyl (C=O) groups excluding carboxylic acids is 1. The lowest BCUT2D eigenvalue weighted by Crippen LogP contribution is -2.13. The van der Waals surface area contributed by atoms with Crippen LogP contribution < -0.4 is 0 Å². The molecule has 0 aromatic carbocycles. The molecule has 1 heterocycles. The predicted molar refractivity (Wildman–Crippen MR) is 48.5 cm³/mol. The standard InChI is InChI=1S/C8H9NO3.ClH/c1-12-8(11)7(10)6-2-4-9-5-3-6;/h2-5,7,10H,1H3;1H. The number of hydrogen-bond donors (Lipinski definition) is 1. The van der Waals surface area contributed by atoms with Crippen LogP contribution >= 0.6 is 12.4 Å². The van der Waals surface area contributed by atoms with Gasteiger partial charge in [0.1, 0.15) is 0 Å². The first-order valence-corrected chi connectivity index (χ1v) is 3.41. The highest BCUT2D eigenvalue weighted by Gasteiger charge is 2.16. The SMILES string of the molecule is COC(=O)C(O)c1ccncc1.Cl. The smallest absolute Gasteiger partial charge is 0.339 e. The zero-order valence-electron chi connectivity index (χ0n) is 7.01. The second-order valence-corrected chi connectivity index (χ2v) is 2.21. The fourth-order valence-corrected chi connectivity index (χ4v) is 0.793. The average Bonchev–Trinajstić information content (AvgIpc) is 2.17. The number of aliphatic hydroxyl groups is 1. The van der Waals surface area contributed by atoms with Crippen molar-refractivity contribution in [2.45, 2.75) is 6.10 Å². The van der Waals surface area contributed by atoms with Gasteiger partial charge in [-0.25, -0.2) is 4.79 Å². The van der Waals surface area contributed by atoms with E-state index in [0.717, 1.165) is 0 Å². The Balaban J connectivity index is 0.00000144. The summed E-state index contributed by atoms with van der Waals surface area (Å²) in [6.07, 6.45) is 1.79. The van der Waals surface area contributed by atoms with Crippen molar-refractivity contribution in [2.24, 2.45) is 0 Å². The first-order valence-electron chi connectivity index (χ1n) is 3.41. The topological polar surface area (TPSA) is 59.4 Å². The summed E-state index contributed by atoms with van der Waals surface area (Å²) < 4.78 is 4.36. The van der Waals surface area contributed by atoms with E-state index in [-0.39, 0.29) is 12.4 Å². The summed E-state index contributed by atoms with van der Waals surface area (Å²) in [4.78, 5) is 14.6. The Morgan fingerprint density at radius 1 is 1.54 bits per heavy atom. The Labute approximate surface area is 82.0 Å². The van der Waals surface area contributed by atoms with Crippen LogP contribution in [0.5, 0.6) is 0 Å². The van der Waals surface area contributed by atoms with E-state index in [1.807, 2.05) is 0 Å². The largest absolute Gasteiger partial charge is 0.467 e. The number of ether oxygens (including phenoxy) is 1. The summed E-state index contributed by atoms with van der Waals surface area (Å²) in [7, 11) is 1.23. The van der Waals surface area contributed by atoms with Crippen molar-refractivity contribution in [1.29, 1.82) is 0 Å². The van der Waals surface area contributed by atoms with Gasteiger partial charge in [-0.1, -0.05) is 0 Å². The van der Waals surface area contributed by atoms with Crippen LogP contribution in [0.15, 0.2) is 24.5 Å². The number of rotatable bonds is 2. The van der Waals surface area contributed by atoms with Gasteiger partial charge in [-0.2, -0.15) is 0 Å². The van der Waals surface area contributed by atoms with E-state index in [1.165, 1.54) is 19.5 Å². The monoisotopic (exact) mass is 203 g/mol. The van der Waals surface area contributed by atoms with Crippen molar-refractivity contribution >= 4 is 18.4 Å². The van der Waals surface area contributed by atoms with Crippen LogP contribution in [0, 0.1) is 0 Å². The quantitative estimate of drug-likeness (QED) is 0.720. The Hall–Kier alpha value is -1.13. The van der Waals surface area contributed by atoms with Gasteiger partial charge in [0, 0.05) is 12.4 Å². The van der Waals surface area contributed by atoms with Crippen LogP contribution in [0.1, 0.15) is 11.7 Å². The second-order valence-electron chi connectivity index (χ2n) is 2.21. The first-order chi connectivity index (χ1) is 5.75. The number of methoxy groups -OCH3 is 1. The highest BCUT2D eigenvalue weighted by Crippen LogP contribution is 2.11. The second kappa shape index (κ2) is 5.50. The highest BCUT2D eigenvalue weighted by molar-refractivity contribution is 5.85. The molecule has 0 aliphatic rings. The van der Waals surface area contributed by atoms with Gasteiger partial charge in [-0.15, -0.1) is 12.4 Å². The van der Waals surface area contributed by atoms with E-state index in [0.29, 0.717) is 5.56 Å². The van der Waals surface area contributed by atoms with Gasteiger partial charge in [0.25, 0.3) is 0 Å². The molecule has 0 bridgehead atoms. The van der Waals surface area contributed by atoms with E-state index in [9.17, 15) is 9.90 Å². The fourth-order valence-electron chi connectivity index (χ4n) is 0.793. The number of nitrogens with zero attached hydrogens (tertiary/aromatic N) is 1. The molecule has 5 heteroatoms. The number of carbonyl (C=O) groups is 1. The molecule has 4 nitrogen and oxygen atoms in total. The molecule has 1 aromatic heterocycles. The van der Waals surface area contributed by atoms with Gasteiger partial charge in [0.15, 0.2) is 6.10 Å². The summed E-state index contributed by atoms with van der Waals surface area (Å²) in [5, 5.41) is 9.29. The number of pyridine rings is 1. The van der Waals surface area contributed by atoms with Crippen molar-refractivity contribution in [3.63, 3.8) is 0 Å². The fraction of sp³-hybridized carbons (Fsp3) is 0.250. The molecule has 0 radical (unpaired) electrons. The molecule has 1 rings (SSSR count). The molecular formula is C8H10ClNO3. The Bertz CT molecular complexity index is 265. The molecule has 1 N–H and O–H groups in total.